The molecule has 1 aromatic heterocycles. The van der Waals surface area contributed by atoms with Gasteiger partial charge in [0.15, 0.2) is 0 Å². The summed E-state index contributed by atoms with van der Waals surface area (Å²) in [6.45, 7) is 6.48. The smallest absolute Gasteiger partial charge is 0.410 e. The first-order valence-corrected chi connectivity index (χ1v) is 8.94. The standard InChI is InChI=1S/C17H21BrN4O3/c1-17(2,3)25-16(24)20-9-8-14(10-20)22-15(23)21(11-19-22)13-6-4-12(18)5-7-13/h4-7,11,14H,8-10H2,1-3H3/t14-/m0/s1. The van der Waals surface area contributed by atoms with E-state index in [1.807, 2.05) is 45.0 Å². The summed E-state index contributed by atoms with van der Waals surface area (Å²) in [7, 11) is 0. The number of carbonyl (C=O) groups is 1. The monoisotopic (exact) mass is 408 g/mol. The average Bonchev–Trinajstić information content (AvgIpc) is 3.13. The van der Waals surface area contributed by atoms with E-state index in [2.05, 4.69) is 21.0 Å². The fraction of sp³-hybridized carbons (Fsp3) is 0.471. The Morgan fingerprint density at radius 1 is 1.28 bits per heavy atom. The van der Waals surface area contributed by atoms with E-state index >= 15 is 0 Å². The van der Waals surface area contributed by atoms with E-state index in [9.17, 15) is 9.59 Å². The van der Waals surface area contributed by atoms with Gasteiger partial charge in [0.2, 0.25) is 0 Å². The molecule has 25 heavy (non-hydrogen) atoms. The molecule has 134 valence electrons. The Bertz CT molecular complexity index is 820. The van der Waals surface area contributed by atoms with Crippen molar-refractivity contribution in [3.63, 3.8) is 0 Å². The molecule has 1 aliphatic rings. The summed E-state index contributed by atoms with van der Waals surface area (Å²) in [6, 6.07) is 7.30. The first kappa shape index (κ1) is 17.7. The Balaban J connectivity index is 1.75. The van der Waals surface area contributed by atoms with Crippen molar-refractivity contribution in [3.8, 4) is 5.69 Å². The molecule has 0 bridgehead atoms. The van der Waals surface area contributed by atoms with E-state index in [1.54, 1.807) is 4.90 Å². The van der Waals surface area contributed by atoms with E-state index in [4.69, 9.17) is 4.74 Å². The fourth-order valence-electron chi connectivity index (χ4n) is 2.78. The molecule has 1 saturated heterocycles. The lowest BCUT2D eigenvalue weighted by molar-refractivity contribution is 0.0288. The maximum absolute atomic E-state index is 12.7. The van der Waals surface area contributed by atoms with Crippen LogP contribution in [0.4, 0.5) is 4.79 Å². The molecule has 0 saturated carbocycles. The van der Waals surface area contributed by atoms with Crippen LogP contribution in [-0.2, 0) is 4.74 Å². The Morgan fingerprint density at radius 2 is 1.96 bits per heavy atom. The van der Waals surface area contributed by atoms with Gasteiger partial charge in [-0.25, -0.2) is 18.8 Å². The van der Waals surface area contributed by atoms with Crippen molar-refractivity contribution in [3.05, 3.63) is 45.5 Å². The highest BCUT2D eigenvalue weighted by Gasteiger charge is 2.32. The van der Waals surface area contributed by atoms with Crippen molar-refractivity contribution < 1.29 is 9.53 Å². The third-order valence-corrected chi connectivity index (χ3v) is 4.49. The van der Waals surface area contributed by atoms with E-state index in [0.717, 1.165) is 10.2 Å². The van der Waals surface area contributed by atoms with Gasteiger partial charge >= 0.3 is 11.8 Å². The molecule has 3 rings (SSSR count). The number of halogens is 1. The minimum absolute atomic E-state index is 0.142. The zero-order valence-electron chi connectivity index (χ0n) is 14.5. The number of hydrogen-bond donors (Lipinski definition) is 0. The number of carbonyl (C=O) groups excluding carboxylic acids is 1. The Labute approximate surface area is 154 Å². The fourth-order valence-corrected chi connectivity index (χ4v) is 3.04. The molecule has 0 unspecified atom stereocenters. The topological polar surface area (TPSA) is 69.4 Å². The highest BCUT2D eigenvalue weighted by Crippen LogP contribution is 2.22. The molecule has 2 heterocycles. The van der Waals surface area contributed by atoms with E-state index in [1.165, 1.54) is 15.6 Å². The molecule has 1 aliphatic heterocycles. The zero-order chi connectivity index (χ0) is 18.2. The number of ether oxygens (including phenoxy) is 1. The molecule has 0 N–H and O–H groups in total. The van der Waals surface area contributed by atoms with Gasteiger partial charge in [0, 0.05) is 17.6 Å². The summed E-state index contributed by atoms with van der Waals surface area (Å²) in [4.78, 5) is 26.5. The molecule has 0 radical (unpaired) electrons. The normalized spacial score (nSPS) is 17.8. The molecule has 1 amide bonds. The molecular weight excluding hydrogens is 388 g/mol. The Morgan fingerprint density at radius 3 is 2.60 bits per heavy atom. The SMILES string of the molecule is CC(C)(C)OC(=O)N1CC[C@H](n2ncn(-c3ccc(Br)cc3)c2=O)C1. The van der Waals surface area contributed by atoms with E-state index in [-0.39, 0.29) is 17.8 Å². The highest BCUT2D eigenvalue weighted by atomic mass is 79.9. The minimum atomic E-state index is -0.533. The molecule has 0 spiro atoms. The molecule has 2 aromatic rings. The van der Waals surface area contributed by atoms with Crippen LogP contribution in [0.1, 0.15) is 33.2 Å². The van der Waals surface area contributed by atoms with E-state index < -0.39 is 5.60 Å². The van der Waals surface area contributed by atoms with Gasteiger partial charge in [0.1, 0.15) is 11.9 Å². The lowest BCUT2D eigenvalue weighted by Crippen LogP contribution is -2.36. The van der Waals surface area contributed by atoms with Gasteiger partial charge in [-0.15, -0.1) is 0 Å². The Kier molecular flexibility index (Phi) is 4.73. The summed E-state index contributed by atoms with van der Waals surface area (Å²) in [6.07, 6.45) is 1.84. The third-order valence-electron chi connectivity index (χ3n) is 3.96. The van der Waals surface area contributed by atoms with Gasteiger partial charge in [0.05, 0.1) is 11.7 Å². The largest absolute Gasteiger partial charge is 0.444 e. The van der Waals surface area contributed by atoms with Crippen LogP contribution in [0.5, 0.6) is 0 Å². The summed E-state index contributed by atoms with van der Waals surface area (Å²) in [5.41, 5.74) is 0.00892. The van der Waals surface area contributed by atoms with Gasteiger partial charge in [-0.2, -0.15) is 5.10 Å². The third kappa shape index (κ3) is 3.95. The highest BCUT2D eigenvalue weighted by molar-refractivity contribution is 9.10. The van der Waals surface area contributed by atoms with Crippen molar-refractivity contribution in [1.82, 2.24) is 19.2 Å². The quantitative estimate of drug-likeness (QED) is 0.765. The molecular formula is C17H21BrN4O3. The van der Waals surface area contributed by atoms with Crippen molar-refractivity contribution >= 4 is 22.0 Å². The van der Waals surface area contributed by atoms with Crippen LogP contribution in [0.3, 0.4) is 0 Å². The number of aromatic nitrogens is 3. The van der Waals surface area contributed by atoms with Crippen LogP contribution in [0.25, 0.3) is 5.69 Å². The van der Waals surface area contributed by atoms with Gasteiger partial charge < -0.3 is 9.64 Å². The summed E-state index contributed by atoms with van der Waals surface area (Å²) in [5.74, 6) is 0. The molecule has 8 heteroatoms. The first-order valence-electron chi connectivity index (χ1n) is 8.14. The number of rotatable bonds is 2. The molecule has 7 nitrogen and oxygen atoms in total. The number of hydrogen-bond acceptors (Lipinski definition) is 4. The van der Waals surface area contributed by atoms with Crippen LogP contribution >= 0.6 is 15.9 Å². The maximum atomic E-state index is 12.7. The summed E-state index contributed by atoms with van der Waals surface area (Å²) >= 11 is 3.38. The molecule has 1 aromatic carbocycles. The minimum Gasteiger partial charge on any atom is -0.444 e. The van der Waals surface area contributed by atoms with E-state index in [0.29, 0.717) is 19.5 Å². The second-order valence-electron chi connectivity index (χ2n) is 7.07. The van der Waals surface area contributed by atoms with Crippen molar-refractivity contribution in [2.75, 3.05) is 13.1 Å². The number of amides is 1. The first-order chi connectivity index (χ1) is 11.7. The summed E-state index contributed by atoms with van der Waals surface area (Å²) in [5, 5.41) is 4.24. The Hall–Kier alpha value is -2.09. The van der Waals surface area contributed by atoms with Crippen molar-refractivity contribution in [1.29, 1.82) is 0 Å². The van der Waals surface area contributed by atoms with Gasteiger partial charge in [-0.1, -0.05) is 15.9 Å². The van der Waals surface area contributed by atoms with Crippen molar-refractivity contribution in [2.45, 2.75) is 38.8 Å². The van der Waals surface area contributed by atoms with Crippen LogP contribution in [-0.4, -0.2) is 44.0 Å². The van der Waals surface area contributed by atoms with Gasteiger partial charge in [-0.05, 0) is 51.5 Å². The van der Waals surface area contributed by atoms with Gasteiger partial charge in [0.25, 0.3) is 0 Å². The van der Waals surface area contributed by atoms with Crippen LogP contribution in [0.15, 0.2) is 39.9 Å². The lowest BCUT2D eigenvalue weighted by Gasteiger charge is -2.24. The van der Waals surface area contributed by atoms with Crippen molar-refractivity contribution in [2.24, 2.45) is 0 Å². The molecule has 1 atom stereocenters. The molecule has 0 aliphatic carbocycles. The predicted octanol–water partition coefficient (Wildman–Crippen LogP) is 2.98. The zero-order valence-corrected chi connectivity index (χ0v) is 16.1. The molecule has 1 fully saturated rings. The van der Waals surface area contributed by atoms with Crippen LogP contribution < -0.4 is 5.69 Å². The number of nitrogens with zero attached hydrogens (tertiary/aromatic N) is 4. The maximum Gasteiger partial charge on any atom is 0.410 e. The van der Waals surface area contributed by atoms with Crippen LogP contribution in [0, 0.1) is 0 Å². The predicted molar refractivity (Wildman–Crippen MR) is 97.0 cm³/mol. The van der Waals surface area contributed by atoms with Crippen LogP contribution in [0.2, 0.25) is 0 Å². The number of likely N-dealkylation sites (tertiary alicyclic amines) is 1. The lowest BCUT2D eigenvalue weighted by atomic mass is 10.2. The summed E-state index contributed by atoms with van der Waals surface area (Å²) < 4.78 is 9.29. The van der Waals surface area contributed by atoms with Gasteiger partial charge in [-0.3, -0.25) is 0 Å². The second-order valence-corrected chi connectivity index (χ2v) is 7.99. The average molecular weight is 409 g/mol. The second kappa shape index (κ2) is 6.67. The number of benzene rings is 1.